The lowest BCUT2D eigenvalue weighted by Gasteiger charge is -2.12. The van der Waals surface area contributed by atoms with Gasteiger partial charge in [-0.2, -0.15) is 0 Å². The first-order valence-corrected chi connectivity index (χ1v) is 11.6. The molecule has 4 aromatic rings. The van der Waals surface area contributed by atoms with Crippen LogP contribution >= 0.6 is 0 Å². The molecule has 1 aromatic heterocycles. The molecule has 1 amide bonds. The van der Waals surface area contributed by atoms with Gasteiger partial charge >= 0.3 is 0 Å². The molecule has 0 saturated heterocycles. The van der Waals surface area contributed by atoms with E-state index in [2.05, 4.69) is 10.3 Å². The molecule has 0 aliphatic carbocycles. The van der Waals surface area contributed by atoms with Crippen LogP contribution in [0, 0.1) is 10.1 Å². The summed E-state index contributed by atoms with van der Waals surface area (Å²) in [6.07, 6.45) is 0. The maximum atomic E-state index is 12.8. The van der Waals surface area contributed by atoms with Crippen molar-refractivity contribution in [2.24, 2.45) is 0 Å². The standard InChI is InChI=1S/C23H20N4O7S/c1-33-20-11-8-14(12-21(20)34-2)24-17-9-10-19(27(29)30)22-16(17)13-18(25-22)23(28)26-35(31,32)15-6-4-3-5-7-15/h3-13,24-25H,1-2H3,(H,26,28). The molecule has 11 nitrogen and oxygen atoms in total. The van der Waals surface area contributed by atoms with Gasteiger partial charge in [0.05, 0.1) is 24.0 Å². The molecule has 0 spiro atoms. The number of nitro groups is 1. The first-order chi connectivity index (χ1) is 16.7. The number of anilines is 2. The number of amides is 1. The summed E-state index contributed by atoms with van der Waals surface area (Å²) in [5, 5.41) is 15.0. The van der Waals surface area contributed by atoms with Crippen molar-refractivity contribution in [2.75, 3.05) is 19.5 Å². The van der Waals surface area contributed by atoms with Crippen molar-refractivity contribution in [2.45, 2.75) is 4.90 Å². The van der Waals surface area contributed by atoms with E-state index in [4.69, 9.17) is 9.47 Å². The highest BCUT2D eigenvalue weighted by Gasteiger charge is 2.23. The third-order valence-corrected chi connectivity index (χ3v) is 6.50. The molecular formula is C23H20N4O7S. The van der Waals surface area contributed by atoms with E-state index in [1.807, 2.05) is 4.72 Å². The van der Waals surface area contributed by atoms with E-state index in [9.17, 15) is 23.3 Å². The lowest BCUT2D eigenvalue weighted by Crippen LogP contribution is -2.30. The van der Waals surface area contributed by atoms with E-state index < -0.39 is 20.9 Å². The van der Waals surface area contributed by atoms with Gasteiger partial charge in [-0.1, -0.05) is 18.2 Å². The van der Waals surface area contributed by atoms with E-state index in [0.29, 0.717) is 28.3 Å². The second kappa shape index (κ2) is 9.35. The number of sulfonamides is 1. The molecule has 0 radical (unpaired) electrons. The number of carbonyl (C=O) groups excluding carboxylic acids is 1. The number of H-pyrrole nitrogens is 1. The summed E-state index contributed by atoms with van der Waals surface area (Å²) in [4.78, 5) is 26.3. The molecule has 1 heterocycles. The smallest absolute Gasteiger partial charge is 0.293 e. The zero-order valence-corrected chi connectivity index (χ0v) is 19.4. The van der Waals surface area contributed by atoms with Crippen LogP contribution < -0.4 is 19.5 Å². The van der Waals surface area contributed by atoms with Crippen LogP contribution in [0.3, 0.4) is 0 Å². The van der Waals surface area contributed by atoms with Crippen molar-refractivity contribution >= 4 is 43.9 Å². The Morgan fingerprint density at radius 3 is 2.34 bits per heavy atom. The number of rotatable bonds is 8. The van der Waals surface area contributed by atoms with Crippen LogP contribution in [0.5, 0.6) is 11.5 Å². The Bertz CT molecular complexity index is 1530. The molecule has 0 fully saturated rings. The summed E-state index contributed by atoms with van der Waals surface area (Å²) in [6, 6.07) is 16.6. The quantitative estimate of drug-likeness (QED) is 0.245. The van der Waals surface area contributed by atoms with Gasteiger partial charge in [0, 0.05) is 28.9 Å². The van der Waals surface area contributed by atoms with Crippen molar-refractivity contribution in [3.8, 4) is 11.5 Å². The Morgan fingerprint density at radius 1 is 0.971 bits per heavy atom. The predicted molar refractivity (Wildman–Crippen MR) is 129 cm³/mol. The number of ether oxygens (including phenoxy) is 2. The Morgan fingerprint density at radius 2 is 1.69 bits per heavy atom. The highest BCUT2D eigenvalue weighted by Crippen LogP contribution is 2.36. The van der Waals surface area contributed by atoms with Crippen molar-refractivity contribution in [1.82, 2.24) is 9.71 Å². The second-order valence-corrected chi connectivity index (χ2v) is 8.99. The van der Waals surface area contributed by atoms with E-state index in [1.54, 1.807) is 24.3 Å². The minimum Gasteiger partial charge on any atom is -0.493 e. The van der Waals surface area contributed by atoms with Crippen LogP contribution in [-0.4, -0.2) is 38.5 Å². The second-order valence-electron chi connectivity index (χ2n) is 7.30. The van der Waals surface area contributed by atoms with Crippen molar-refractivity contribution in [3.05, 3.63) is 82.5 Å². The number of aromatic amines is 1. The fourth-order valence-electron chi connectivity index (χ4n) is 3.49. The molecule has 180 valence electrons. The number of nitro benzene ring substituents is 1. The van der Waals surface area contributed by atoms with Crippen molar-refractivity contribution < 1.29 is 27.6 Å². The largest absolute Gasteiger partial charge is 0.493 e. The summed E-state index contributed by atoms with van der Waals surface area (Å²) < 4.78 is 37.6. The molecule has 0 saturated carbocycles. The zero-order chi connectivity index (χ0) is 25.2. The number of methoxy groups -OCH3 is 2. The Hall–Kier alpha value is -4.58. The monoisotopic (exact) mass is 496 g/mol. The first kappa shape index (κ1) is 23.6. The lowest BCUT2D eigenvalue weighted by atomic mass is 10.1. The van der Waals surface area contributed by atoms with Gasteiger partial charge in [0.1, 0.15) is 11.2 Å². The number of hydrogen-bond donors (Lipinski definition) is 3. The van der Waals surface area contributed by atoms with Gasteiger partial charge in [-0.25, -0.2) is 13.1 Å². The number of nitrogens with zero attached hydrogens (tertiary/aromatic N) is 1. The van der Waals surface area contributed by atoms with Gasteiger partial charge in [0.25, 0.3) is 21.6 Å². The summed E-state index contributed by atoms with van der Waals surface area (Å²) >= 11 is 0. The Balaban J connectivity index is 1.72. The van der Waals surface area contributed by atoms with E-state index in [0.717, 1.165) is 0 Å². The number of fused-ring (bicyclic) bond motifs is 1. The normalized spacial score (nSPS) is 11.1. The Kier molecular flexibility index (Phi) is 6.30. The molecule has 3 N–H and O–H groups in total. The highest BCUT2D eigenvalue weighted by atomic mass is 32.2. The maximum Gasteiger partial charge on any atom is 0.293 e. The summed E-state index contributed by atoms with van der Waals surface area (Å²) in [5.74, 6) is 0.0273. The number of nitrogens with one attached hydrogen (secondary N) is 3. The fourth-order valence-corrected chi connectivity index (χ4v) is 4.48. The predicted octanol–water partition coefficient (Wildman–Crippen LogP) is 3.96. The SMILES string of the molecule is COc1ccc(Nc2ccc([N+](=O)[O-])c3[nH]c(C(=O)NS(=O)(=O)c4ccccc4)cc23)cc1OC. The van der Waals surface area contributed by atoms with Gasteiger partial charge < -0.3 is 19.8 Å². The number of aromatic nitrogens is 1. The van der Waals surface area contributed by atoms with E-state index >= 15 is 0 Å². The number of non-ortho nitro benzene ring substituents is 1. The summed E-state index contributed by atoms with van der Waals surface area (Å²) in [6.45, 7) is 0. The van der Waals surface area contributed by atoms with Crippen molar-refractivity contribution in [1.29, 1.82) is 0 Å². The van der Waals surface area contributed by atoms with Gasteiger partial charge in [0.2, 0.25) is 0 Å². The number of hydrogen-bond acceptors (Lipinski definition) is 8. The molecule has 0 atom stereocenters. The third kappa shape index (κ3) is 4.73. The molecule has 0 unspecified atom stereocenters. The van der Waals surface area contributed by atoms with Gasteiger partial charge in [0.15, 0.2) is 11.5 Å². The fraction of sp³-hybridized carbons (Fsp3) is 0.0870. The Labute approximate surface area is 199 Å². The van der Waals surface area contributed by atoms with Crippen LogP contribution in [0.15, 0.2) is 71.6 Å². The first-order valence-electron chi connectivity index (χ1n) is 10.1. The number of carbonyl (C=O) groups is 1. The highest BCUT2D eigenvalue weighted by molar-refractivity contribution is 7.90. The molecule has 0 aliphatic heterocycles. The third-order valence-electron chi connectivity index (χ3n) is 5.16. The van der Waals surface area contributed by atoms with Crippen LogP contribution in [0.4, 0.5) is 17.1 Å². The molecule has 3 aromatic carbocycles. The minimum absolute atomic E-state index is 0.0581. The number of benzene rings is 3. The van der Waals surface area contributed by atoms with E-state index in [1.165, 1.54) is 56.7 Å². The molecule has 12 heteroatoms. The van der Waals surface area contributed by atoms with Crippen LogP contribution in [0.1, 0.15) is 10.5 Å². The average Bonchev–Trinajstić information content (AvgIpc) is 3.30. The topological polar surface area (TPSA) is 153 Å². The van der Waals surface area contributed by atoms with Gasteiger partial charge in [-0.05, 0) is 36.4 Å². The molecular weight excluding hydrogens is 476 g/mol. The zero-order valence-electron chi connectivity index (χ0n) is 18.6. The lowest BCUT2D eigenvalue weighted by molar-refractivity contribution is -0.383. The van der Waals surface area contributed by atoms with Crippen molar-refractivity contribution in [3.63, 3.8) is 0 Å². The molecule has 35 heavy (non-hydrogen) atoms. The average molecular weight is 497 g/mol. The summed E-state index contributed by atoms with van der Waals surface area (Å²) in [5.41, 5.74) is 0.658. The van der Waals surface area contributed by atoms with E-state index in [-0.39, 0.29) is 21.8 Å². The molecule has 0 aliphatic rings. The molecule has 0 bridgehead atoms. The van der Waals surface area contributed by atoms with Crippen LogP contribution in [-0.2, 0) is 10.0 Å². The maximum absolute atomic E-state index is 12.8. The van der Waals surface area contributed by atoms with Gasteiger partial charge in [-0.15, -0.1) is 0 Å². The van der Waals surface area contributed by atoms with Crippen LogP contribution in [0.2, 0.25) is 0 Å². The summed E-state index contributed by atoms with van der Waals surface area (Å²) in [7, 11) is -1.14. The minimum atomic E-state index is -4.14. The van der Waals surface area contributed by atoms with Crippen LogP contribution in [0.25, 0.3) is 10.9 Å². The van der Waals surface area contributed by atoms with Gasteiger partial charge in [-0.3, -0.25) is 14.9 Å². The molecule has 4 rings (SSSR count).